The van der Waals surface area contributed by atoms with Gasteiger partial charge in [-0.25, -0.2) is 4.68 Å². The highest BCUT2D eigenvalue weighted by molar-refractivity contribution is 5.23. The third-order valence-corrected chi connectivity index (χ3v) is 3.06. The topological polar surface area (TPSA) is 74.7 Å². The first-order chi connectivity index (χ1) is 8.07. The standard InChI is InChI=1S/C12H18N4O/c1-12(2,8-17)7-16-11(9-3-4-9)10(5-6-13)14-15-16/h9,17H,3-5,7-8H2,1-2H3. The average Bonchev–Trinajstić information content (AvgIpc) is 3.04. The Morgan fingerprint density at radius 3 is 2.76 bits per heavy atom. The van der Waals surface area contributed by atoms with Crippen LogP contribution in [0.5, 0.6) is 0 Å². The van der Waals surface area contributed by atoms with Crippen LogP contribution in [0.25, 0.3) is 0 Å². The minimum Gasteiger partial charge on any atom is -0.396 e. The number of aliphatic hydroxyl groups excluding tert-OH is 1. The minimum absolute atomic E-state index is 0.116. The maximum Gasteiger partial charge on any atom is 0.100 e. The summed E-state index contributed by atoms with van der Waals surface area (Å²) in [5, 5.41) is 26.3. The molecule has 5 heteroatoms. The largest absolute Gasteiger partial charge is 0.396 e. The van der Waals surface area contributed by atoms with Crippen molar-refractivity contribution in [3.8, 4) is 6.07 Å². The molecule has 1 aliphatic carbocycles. The van der Waals surface area contributed by atoms with Crippen LogP contribution in [0.15, 0.2) is 0 Å². The van der Waals surface area contributed by atoms with Gasteiger partial charge < -0.3 is 5.11 Å². The van der Waals surface area contributed by atoms with Gasteiger partial charge in [-0.3, -0.25) is 0 Å². The van der Waals surface area contributed by atoms with E-state index in [1.54, 1.807) is 0 Å². The van der Waals surface area contributed by atoms with Gasteiger partial charge in [-0.1, -0.05) is 19.1 Å². The van der Waals surface area contributed by atoms with Crippen molar-refractivity contribution in [1.29, 1.82) is 5.26 Å². The van der Waals surface area contributed by atoms with E-state index in [9.17, 15) is 5.11 Å². The number of aliphatic hydroxyl groups is 1. The zero-order valence-electron chi connectivity index (χ0n) is 10.3. The van der Waals surface area contributed by atoms with E-state index in [0.29, 0.717) is 18.9 Å². The monoisotopic (exact) mass is 234 g/mol. The number of aromatic nitrogens is 3. The molecule has 0 saturated heterocycles. The molecule has 1 N–H and O–H groups in total. The first kappa shape index (κ1) is 12.1. The van der Waals surface area contributed by atoms with Gasteiger partial charge in [0.25, 0.3) is 0 Å². The van der Waals surface area contributed by atoms with Gasteiger partial charge in [0.1, 0.15) is 5.69 Å². The normalized spacial score (nSPS) is 15.9. The Hall–Kier alpha value is -1.41. The molecular formula is C12H18N4O. The first-order valence-corrected chi connectivity index (χ1v) is 5.97. The Morgan fingerprint density at radius 2 is 2.24 bits per heavy atom. The molecule has 0 aromatic carbocycles. The zero-order chi connectivity index (χ0) is 12.5. The van der Waals surface area contributed by atoms with E-state index < -0.39 is 0 Å². The maximum atomic E-state index is 9.30. The van der Waals surface area contributed by atoms with E-state index in [0.717, 1.165) is 24.2 Å². The molecule has 0 unspecified atom stereocenters. The Bertz CT molecular complexity index is 440. The second-order valence-electron chi connectivity index (χ2n) is 5.51. The summed E-state index contributed by atoms with van der Waals surface area (Å²) in [5.74, 6) is 0.517. The number of rotatable bonds is 5. The predicted molar refractivity (Wildman–Crippen MR) is 62.2 cm³/mol. The molecule has 5 nitrogen and oxygen atoms in total. The van der Waals surface area contributed by atoms with Gasteiger partial charge in [0, 0.05) is 17.9 Å². The zero-order valence-corrected chi connectivity index (χ0v) is 10.3. The molecule has 0 amide bonds. The summed E-state index contributed by atoms with van der Waals surface area (Å²) >= 11 is 0. The lowest BCUT2D eigenvalue weighted by Gasteiger charge is -2.22. The van der Waals surface area contributed by atoms with Crippen molar-refractivity contribution < 1.29 is 5.11 Å². The smallest absolute Gasteiger partial charge is 0.100 e. The van der Waals surface area contributed by atoms with Gasteiger partial charge in [0.15, 0.2) is 0 Å². The molecular weight excluding hydrogens is 216 g/mol. The third kappa shape index (κ3) is 2.64. The van der Waals surface area contributed by atoms with Gasteiger partial charge in [-0.05, 0) is 12.8 Å². The molecule has 92 valence electrons. The van der Waals surface area contributed by atoms with Crippen LogP contribution >= 0.6 is 0 Å². The molecule has 17 heavy (non-hydrogen) atoms. The third-order valence-electron chi connectivity index (χ3n) is 3.06. The summed E-state index contributed by atoms with van der Waals surface area (Å²) in [6.07, 6.45) is 2.64. The second-order valence-corrected chi connectivity index (χ2v) is 5.51. The Balaban J connectivity index is 2.25. The molecule has 1 saturated carbocycles. The summed E-state index contributed by atoms with van der Waals surface area (Å²) in [7, 11) is 0. The summed E-state index contributed by atoms with van der Waals surface area (Å²) in [5.41, 5.74) is 1.71. The van der Waals surface area contributed by atoms with Crippen molar-refractivity contribution in [2.24, 2.45) is 5.41 Å². The molecule has 1 aromatic heterocycles. The van der Waals surface area contributed by atoms with Gasteiger partial charge >= 0.3 is 0 Å². The molecule has 0 atom stereocenters. The summed E-state index contributed by atoms with van der Waals surface area (Å²) < 4.78 is 1.88. The molecule has 1 heterocycles. The predicted octanol–water partition coefficient (Wildman–Crippen LogP) is 1.24. The van der Waals surface area contributed by atoms with Crippen molar-refractivity contribution in [3.63, 3.8) is 0 Å². The molecule has 1 aliphatic rings. The van der Waals surface area contributed by atoms with E-state index in [4.69, 9.17) is 5.26 Å². The van der Waals surface area contributed by atoms with Crippen LogP contribution in [0.1, 0.15) is 44.0 Å². The second kappa shape index (κ2) is 4.46. The fourth-order valence-electron chi connectivity index (χ4n) is 1.93. The number of nitrogens with zero attached hydrogens (tertiary/aromatic N) is 4. The van der Waals surface area contributed by atoms with Crippen molar-refractivity contribution in [2.75, 3.05) is 6.61 Å². The summed E-state index contributed by atoms with van der Waals surface area (Å²) in [6.45, 7) is 4.75. The van der Waals surface area contributed by atoms with E-state index in [1.807, 2.05) is 18.5 Å². The van der Waals surface area contributed by atoms with Crippen molar-refractivity contribution >= 4 is 0 Å². The van der Waals surface area contributed by atoms with E-state index in [2.05, 4.69) is 16.4 Å². The molecule has 2 rings (SSSR count). The number of hydrogen-bond acceptors (Lipinski definition) is 4. The van der Waals surface area contributed by atoms with Gasteiger partial charge in [0.2, 0.25) is 0 Å². The van der Waals surface area contributed by atoms with E-state index in [-0.39, 0.29) is 12.0 Å². The maximum absolute atomic E-state index is 9.30. The Kier molecular flexibility index (Phi) is 3.16. The van der Waals surface area contributed by atoms with Gasteiger partial charge in [0.05, 0.1) is 24.7 Å². The van der Waals surface area contributed by atoms with Crippen LogP contribution in [0.3, 0.4) is 0 Å². The lowest BCUT2D eigenvalue weighted by atomic mass is 9.95. The highest BCUT2D eigenvalue weighted by Crippen LogP contribution is 2.41. The van der Waals surface area contributed by atoms with Crippen LogP contribution in [0.2, 0.25) is 0 Å². The highest BCUT2D eigenvalue weighted by Gasteiger charge is 2.32. The molecule has 0 aliphatic heterocycles. The SMILES string of the molecule is CC(C)(CO)Cn1nnc(CC#N)c1C1CC1. The minimum atomic E-state index is -0.207. The number of nitriles is 1. The Labute approximate surface area is 101 Å². The average molecular weight is 234 g/mol. The van der Waals surface area contributed by atoms with Crippen molar-refractivity contribution in [3.05, 3.63) is 11.4 Å². The molecule has 0 spiro atoms. The lowest BCUT2D eigenvalue weighted by Crippen LogP contribution is -2.25. The lowest BCUT2D eigenvalue weighted by molar-refractivity contribution is 0.134. The first-order valence-electron chi connectivity index (χ1n) is 5.97. The summed E-state index contributed by atoms with van der Waals surface area (Å²) in [4.78, 5) is 0. The van der Waals surface area contributed by atoms with E-state index >= 15 is 0 Å². The van der Waals surface area contributed by atoms with Gasteiger partial charge in [-0.15, -0.1) is 5.10 Å². The summed E-state index contributed by atoms with van der Waals surface area (Å²) in [6, 6.07) is 2.13. The molecule has 0 radical (unpaired) electrons. The van der Waals surface area contributed by atoms with Crippen LogP contribution in [0.4, 0.5) is 0 Å². The van der Waals surface area contributed by atoms with Crippen molar-refractivity contribution in [2.45, 2.75) is 45.6 Å². The van der Waals surface area contributed by atoms with Crippen LogP contribution in [-0.4, -0.2) is 26.7 Å². The van der Waals surface area contributed by atoms with Crippen molar-refractivity contribution in [1.82, 2.24) is 15.0 Å². The van der Waals surface area contributed by atoms with Crippen LogP contribution in [0, 0.1) is 16.7 Å². The fraction of sp³-hybridized carbons (Fsp3) is 0.750. The molecule has 1 fully saturated rings. The van der Waals surface area contributed by atoms with Crippen LogP contribution < -0.4 is 0 Å². The molecule has 1 aromatic rings. The highest BCUT2D eigenvalue weighted by atomic mass is 16.3. The fourth-order valence-corrected chi connectivity index (χ4v) is 1.93. The van der Waals surface area contributed by atoms with Gasteiger partial charge in [-0.2, -0.15) is 5.26 Å². The van der Waals surface area contributed by atoms with E-state index in [1.165, 1.54) is 0 Å². The Morgan fingerprint density at radius 1 is 1.53 bits per heavy atom. The molecule has 0 bridgehead atoms. The number of hydrogen-bond donors (Lipinski definition) is 1. The quantitative estimate of drug-likeness (QED) is 0.831. The van der Waals surface area contributed by atoms with Crippen LogP contribution in [-0.2, 0) is 13.0 Å².